The van der Waals surface area contributed by atoms with Crippen LogP contribution < -0.4 is 0 Å². The highest BCUT2D eigenvalue weighted by Gasteiger charge is 2.52. The van der Waals surface area contributed by atoms with Crippen LogP contribution in [0.15, 0.2) is 0 Å². The van der Waals surface area contributed by atoms with E-state index in [1.165, 1.54) is 6.92 Å². The van der Waals surface area contributed by atoms with Crippen molar-refractivity contribution in [3.05, 3.63) is 0 Å². The van der Waals surface area contributed by atoms with Crippen molar-refractivity contribution in [2.45, 2.75) is 101 Å². The van der Waals surface area contributed by atoms with E-state index in [4.69, 9.17) is 4.74 Å². The van der Waals surface area contributed by atoms with Crippen LogP contribution in [-0.2, 0) is 9.53 Å². The lowest BCUT2D eigenvalue weighted by molar-refractivity contribution is -0.177. The standard InChI is InChI=1S/C20H40O3/c1-12-18(6,7)16(22)20(10,11)19(8,9)15(23-14(2)21)13-17(3,4)5/h15-16,22H,12-13H2,1-11H3. The minimum Gasteiger partial charge on any atom is -0.462 e. The maximum atomic E-state index is 11.7. The molecule has 0 aliphatic rings. The van der Waals surface area contributed by atoms with Gasteiger partial charge < -0.3 is 9.84 Å². The fraction of sp³-hybridized carbons (Fsp3) is 0.950. The van der Waals surface area contributed by atoms with Crippen molar-refractivity contribution >= 4 is 5.97 Å². The molecule has 0 heterocycles. The van der Waals surface area contributed by atoms with Crippen LogP contribution >= 0.6 is 0 Å². The lowest BCUT2D eigenvalue weighted by atomic mass is 9.55. The van der Waals surface area contributed by atoms with E-state index in [0.717, 1.165) is 12.8 Å². The Hall–Kier alpha value is -0.570. The van der Waals surface area contributed by atoms with Crippen molar-refractivity contribution in [3.63, 3.8) is 0 Å². The minimum absolute atomic E-state index is 0.0404. The Morgan fingerprint density at radius 2 is 1.39 bits per heavy atom. The average molecular weight is 329 g/mol. The van der Waals surface area contributed by atoms with Crippen LogP contribution in [0.1, 0.15) is 89.0 Å². The molecule has 0 aromatic heterocycles. The van der Waals surface area contributed by atoms with Crippen molar-refractivity contribution in [2.75, 3.05) is 0 Å². The van der Waals surface area contributed by atoms with Gasteiger partial charge in [0, 0.05) is 12.3 Å². The summed E-state index contributed by atoms with van der Waals surface area (Å²) in [6, 6.07) is 0. The molecule has 2 unspecified atom stereocenters. The van der Waals surface area contributed by atoms with Crippen LogP contribution in [0.25, 0.3) is 0 Å². The van der Waals surface area contributed by atoms with Crippen LogP contribution in [0, 0.1) is 21.7 Å². The molecule has 0 bridgehead atoms. The molecule has 2 atom stereocenters. The summed E-state index contributed by atoms with van der Waals surface area (Å²) >= 11 is 0. The van der Waals surface area contributed by atoms with Gasteiger partial charge in [0.1, 0.15) is 6.10 Å². The molecule has 1 N–H and O–H groups in total. The maximum absolute atomic E-state index is 11.7. The summed E-state index contributed by atoms with van der Waals surface area (Å²) in [6.45, 7) is 22.6. The second kappa shape index (κ2) is 7.13. The minimum atomic E-state index is -0.493. The molecule has 0 saturated heterocycles. The number of hydrogen-bond donors (Lipinski definition) is 1. The van der Waals surface area contributed by atoms with Crippen molar-refractivity contribution in [3.8, 4) is 0 Å². The van der Waals surface area contributed by atoms with Gasteiger partial charge in [0.05, 0.1) is 6.10 Å². The van der Waals surface area contributed by atoms with E-state index in [-0.39, 0.29) is 28.3 Å². The Kier molecular flexibility index (Phi) is 6.95. The molecule has 23 heavy (non-hydrogen) atoms. The highest BCUT2D eigenvalue weighted by atomic mass is 16.5. The predicted octanol–water partition coefficient (Wildman–Crippen LogP) is 5.20. The fourth-order valence-corrected chi connectivity index (χ4v) is 3.14. The van der Waals surface area contributed by atoms with Gasteiger partial charge in [0.25, 0.3) is 0 Å². The van der Waals surface area contributed by atoms with Gasteiger partial charge in [-0.25, -0.2) is 0 Å². The van der Waals surface area contributed by atoms with Crippen molar-refractivity contribution < 1.29 is 14.6 Å². The Balaban J connectivity index is 5.77. The summed E-state index contributed by atoms with van der Waals surface area (Å²) < 4.78 is 5.72. The van der Waals surface area contributed by atoms with Crippen LogP contribution in [-0.4, -0.2) is 23.3 Å². The Morgan fingerprint density at radius 1 is 0.957 bits per heavy atom. The van der Waals surface area contributed by atoms with Gasteiger partial charge in [0.2, 0.25) is 0 Å². The molecule has 0 aliphatic heterocycles. The average Bonchev–Trinajstić information content (AvgIpc) is 2.34. The van der Waals surface area contributed by atoms with Gasteiger partial charge in [-0.2, -0.15) is 0 Å². The molecule has 0 fully saturated rings. The predicted molar refractivity (Wildman–Crippen MR) is 97.3 cm³/mol. The first kappa shape index (κ1) is 22.4. The normalized spacial score (nSPS) is 16.9. The first-order valence-corrected chi connectivity index (χ1v) is 8.84. The molecule has 0 aromatic carbocycles. The van der Waals surface area contributed by atoms with Gasteiger partial charge in [-0.1, -0.05) is 69.2 Å². The lowest BCUT2D eigenvalue weighted by Gasteiger charge is -2.53. The zero-order valence-corrected chi connectivity index (χ0v) is 17.3. The summed E-state index contributed by atoms with van der Waals surface area (Å²) in [5.41, 5.74) is -0.919. The van der Waals surface area contributed by atoms with Crippen LogP contribution in [0.5, 0.6) is 0 Å². The van der Waals surface area contributed by atoms with E-state index in [1.807, 2.05) is 0 Å². The van der Waals surface area contributed by atoms with Gasteiger partial charge in [-0.3, -0.25) is 4.79 Å². The molecule has 0 saturated carbocycles. The summed E-state index contributed by atoms with van der Waals surface area (Å²) in [4.78, 5) is 11.7. The second-order valence-electron chi connectivity index (χ2n) is 10.1. The molecular formula is C20H40O3. The maximum Gasteiger partial charge on any atom is 0.302 e. The van der Waals surface area contributed by atoms with Crippen molar-refractivity contribution in [1.82, 2.24) is 0 Å². The van der Waals surface area contributed by atoms with Gasteiger partial charge >= 0.3 is 5.97 Å². The third-order valence-electron chi connectivity index (χ3n) is 5.91. The van der Waals surface area contributed by atoms with E-state index in [0.29, 0.717) is 0 Å². The lowest BCUT2D eigenvalue weighted by Crippen LogP contribution is -2.55. The summed E-state index contributed by atoms with van der Waals surface area (Å²) in [5.74, 6) is -0.257. The molecule has 3 nitrogen and oxygen atoms in total. The highest BCUT2D eigenvalue weighted by Crippen LogP contribution is 2.51. The Labute approximate surface area is 144 Å². The monoisotopic (exact) mass is 328 g/mol. The largest absolute Gasteiger partial charge is 0.462 e. The Bertz CT molecular complexity index is 400. The third kappa shape index (κ3) is 5.48. The van der Waals surface area contributed by atoms with Gasteiger partial charge in [-0.05, 0) is 29.1 Å². The molecule has 0 rings (SSSR count). The summed E-state index contributed by atoms with van der Waals surface area (Å²) in [6.07, 6.45) is 0.929. The zero-order valence-electron chi connectivity index (χ0n) is 17.3. The quantitative estimate of drug-likeness (QED) is 0.653. The Morgan fingerprint density at radius 3 is 1.70 bits per heavy atom. The van der Waals surface area contributed by atoms with E-state index < -0.39 is 11.5 Å². The van der Waals surface area contributed by atoms with Gasteiger partial charge in [0.15, 0.2) is 0 Å². The smallest absolute Gasteiger partial charge is 0.302 e. The number of hydrogen-bond acceptors (Lipinski definition) is 3. The molecule has 138 valence electrons. The molecule has 0 aliphatic carbocycles. The second-order valence-corrected chi connectivity index (χ2v) is 10.1. The number of esters is 1. The number of aliphatic hydroxyl groups excluding tert-OH is 1. The summed E-state index contributed by atoms with van der Waals surface area (Å²) in [7, 11) is 0. The SMILES string of the molecule is CCC(C)(C)C(O)C(C)(C)C(C)(C)C(CC(C)(C)C)OC(C)=O. The van der Waals surface area contributed by atoms with Crippen LogP contribution in [0.3, 0.4) is 0 Å². The molecular weight excluding hydrogens is 288 g/mol. The third-order valence-corrected chi connectivity index (χ3v) is 5.91. The highest BCUT2D eigenvalue weighted by molar-refractivity contribution is 5.66. The molecule has 0 aromatic rings. The number of carbonyl (C=O) groups excluding carboxylic acids is 1. The zero-order chi connectivity index (χ0) is 18.9. The topological polar surface area (TPSA) is 46.5 Å². The molecule has 0 radical (unpaired) electrons. The summed E-state index contributed by atoms with van der Waals surface area (Å²) in [5, 5.41) is 11.1. The van der Waals surface area contributed by atoms with Crippen molar-refractivity contribution in [2.24, 2.45) is 21.7 Å². The van der Waals surface area contributed by atoms with E-state index >= 15 is 0 Å². The van der Waals surface area contributed by atoms with E-state index in [2.05, 4.69) is 69.2 Å². The number of aliphatic hydroxyl groups is 1. The first-order valence-electron chi connectivity index (χ1n) is 8.84. The first-order chi connectivity index (χ1) is 9.99. The van der Waals surface area contributed by atoms with E-state index in [1.54, 1.807) is 0 Å². The van der Waals surface area contributed by atoms with Crippen LogP contribution in [0.4, 0.5) is 0 Å². The van der Waals surface area contributed by atoms with E-state index in [9.17, 15) is 9.90 Å². The molecule has 3 heteroatoms. The number of ether oxygens (including phenoxy) is 1. The number of rotatable bonds is 7. The van der Waals surface area contributed by atoms with Crippen molar-refractivity contribution in [1.29, 1.82) is 0 Å². The number of carbonyl (C=O) groups is 1. The molecule has 0 spiro atoms. The van der Waals surface area contributed by atoms with Crippen LogP contribution in [0.2, 0.25) is 0 Å². The van der Waals surface area contributed by atoms with Gasteiger partial charge in [-0.15, -0.1) is 0 Å². The fourth-order valence-electron chi connectivity index (χ4n) is 3.14. The molecule has 0 amide bonds.